The van der Waals surface area contributed by atoms with Crippen LogP contribution in [0.25, 0.3) is 11.1 Å². The van der Waals surface area contributed by atoms with Gasteiger partial charge in [-0.1, -0.05) is 19.1 Å². The lowest BCUT2D eigenvalue weighted by atomic mass is 10.0. The molecule has 25 heavy (non-hydrogen) atoms. The number of para-hydroxylation sites is 2. The number of hydrogen-bond acceptors (Lipinski definition) is 5. The third kappa shape index (κ3) is 4.10. The molecule has 0 bridgehead atoms. The van der Waals surface area contributed by atoms with Crippen molar-refractivity contribution in [2.45, 2.75) is 32.7 Å². The summed E-state index contributed by atoms with van der Waals surface area (Å²) in [5, 5.41) is 0. The van der Waals surface area contributed by atoms with Crippen molar-refractivity contribution in [2.24, 2.45) is 5.92 Å². The summed E-state index contributed by atoms with van der Waals surface area (Å²) >= 11 is 0. The van der Waals surface area contributed by atoms with E-state index in [2.05, 4.69) is 6.92 Å². The van der Waals surface area contributed by atoms with E-state index >= 15 is 0 Å². The van der Waals surface area contributed by atoms with E-state index in [-0.39, 0.29) is 25.5 Å². The number of carbonyl (C=O) groups is 2. The summed E-state index contributed by atoms with van der Waals surface area (Å²) in [6.07, 6.45) is 2.11. The Morgan fingerprint density at radius 2 is 2.12 bits per heavy atom. The molecule has 7 nitrogen and oxygen atoms in total. The number of hydrogen-bond donors (Lipinski definition) is 0. The molecule has 3 rings (SSSR count). The van der Waals surface area contributed by atoms with E-state index in [0.717, 1.165) is 19.4 Å². The van der Waals surface area contributed by atoms with Crippen LogP contribution in [0, 0.1) is 5.92 Å². The number of aryl methyl sites for hydroxylation is 1. The number of fused-ring (bicyclic) bond motifs is 1. The Kier molecular flexibility index (Phi) is 5.21. The van der Waals surface area contributed by atoms with Crippen LogP contribution in [0.5, 0.6) is 0 Å². The predicted molar refractivity (Wildman–Crippen MR) is 91.0 cm³/mol. The Morgan fingerprint density at radius 1 is 1.32 bits per heavy atom. The number of ether oxygens (including phenoxy) is 1. The molecule has 1 atom stereocenters. The van der Waals surface area contributed by atoms with E-state index in [9.17, 15) is 14.4 Å². The number of nitrogens with zero attached hydrogens (tertiary/aromatic N) is 2. The van der Waals surface area contributed by atoms with Crippen LogP contribution in [0.15, 0.2) is 33.5 Å². The van der Waals surface area contributed by atoms with Crippen LogP contribution >= 0.6 is 0 Å². The van der Waals surface area contributed by atoms with Gasteiger partial charge in [-0.2, -0.15) is 0 Å². The van der Waals surface area contributed by atoms with Crippen molar-refractivity contribution >= 4 is 23.0 Å². The zero-order valence-corrected chi connectivity index (χ0v) is 14.3. The van der Waals surface area contributed by atoms with Crippen molar-refractivity contribution < 1.29 is 18.7 Å². The van der Waals surface area contributed by atoms with Crippen LogP contribution in [-0.4, -0.2) is 41.0 Å². The Labute approximate surface area is 145 Å². The summed E-state index contributed by atoms with van der Waals surface area (Å²) in [6, 6.07) is 7.03. The SMILES string of the molecule is C[C@@H]1CCCN(C(=O)COC(=O)CCn2c(=O)oc3ccccc32)C1. The van der Waals surface area contributed by atoms with Crippen LogP contribution in [0.3, 0.4) is 0 Å². The number of benzene rings is 1. The highest BCUT2D eigenvalue weighted by atomic mass is 16.5. The molecule has 0 spiro atoms. The van der Waals surface area contributed by atoms with Crippen molar-refractivity contribution in [2.75, 3.05) is 19.7 Å². The third-order valence-corrected chi connectivity index (χ3v) is 4.48. The molecule has 1 aliphatic heterocycles. The normalized spacial score (nSPS) is 17.6. The van der Waals surface area contributed by atoms with E-state index in [1.807, 2.05) is 0 Å². The van der Waals surface area contributed by atoms with Crippen LogP contribution in [0.4, 0.5) is 0 Å². The minimum absolute atomic E-state index is 0.00706. The summed E-state index contributed by atoms with van der Waals surface area (Å²) in [5.74, 6) is -0.691. The molecule has 0 saturated carbocycles. The first kappa shape index (κ1) is 17.3. The average Bonchev–Trinajstić information content (AvgIpc) is 2.93. The lowest BCUT2D eigenvalue weighted by Crippen LogP contribution is -2.41. The predicted octanol–water partition coefficient (Wildman–Crippen LogP) is 1.79. The maximum atomic E-state index is 12.1. The smallest absolute Gasteiger partial charge is 0.419 e. The van der Waals surface area contributed by atoms with E-state index < -0.39 is 11.7 Å². The molecular weight excluding hydrogens is 324 g/mol. The van der Waals surface area contributed by atoms with Crippen molar-refractivity contribution in [3.8, 4) is 0 Å². The van der Waals surface area contributed by atoms with Crippen LogP contribution in [0.2, 0.25) is 0 Å². The second-order valence-electron chi connectivity index (χ2n) is 6.49. The first-order valence-electron chi connectivity index (χ1n) is 8.56. The molecule has 1 fully saturated rings. The van der Waals surface area contributed by atoms with Crippen LogP contribution in [0.1, 0.15) is 26.2 Å². The molecule has 0 radical (unpaired) electrons. The molecule has 1 amide bonds. The van der Waals surface area contributed by atoms with E-state index in [1.165, 1.54) is 4.57 Å². The number of esters is 1. The molecule has 1 aliphatic rings. The minimum Gasteiger partial charge on any atom is -0.456 e. The molecule has 1 aromatic heterocycles. The van der Waals surface area contributed by atoms with Gasteiger partial charge in [0.2, 0.25) is 0 Å². The summed E-state index contributed by atoms with van der Waals surface area (Å²) < 4.78 is 11.6. The number of amides is 1. The molecule has 1 saturated heterocycles. The Bertz CT molecular complexity index is 822. The number of rotatable bonds is 5. The summed E-state index contributed by atoms with van der Waals surface area (Å²) in [7, 11) is 0. The summed E-state index contributed by atoms with van der Waals surface area (Å²) in [6.45, 7) is 3.46. The van der Waals surface area contributed by atoms with Gasteiger partial charge in [-0.25, -0.2) is 4.79 Å². The lowest BCUT2D eigenvalue weighted by Gasteiger charge is -2.30. The van der Waals surface area contributed by atoms with Gasteiger partial charge >= 0.3 is 11.7 Å². The first-order valence-corrected chi connectivity index (χ1v) is 8.56. The highest BCUT2D eigenvalue weighted by Crippen LogP contribution is 2.15. The Balaban J connectivity index is 1.50. The van der Waals surface area contributed by atoms with Crippen LogP contribution in [-0.2, 0) is 20.9 Å². The second kappa shape index (κ2) is 7.55. The van der Waals surface area contributed by atoms with Gasteiger partial charge < -0.3 is 14.1 Å². The van der Waals surface area contributed by atoms with Gasteiger partial charge in [0, 0.05) is 19.6 Å². The molecule has 134 valence electrons. The Morgan fingerprint density at radius 3 is 2.92 bits per heavy atom. The molecule has 0 unspecified atom stereocenters. The van der Waals surface area contributed by atoms with Gasteiger partial charge in [-0.15, -0.1) is 0 Å². The van der Waals surface area contributed by atoms with Gasteiger partial charge in [0.1, 0.15) is 0 Å². The Hall–Kier alpha value is -2.57. The van der Waals surface area contributed by atoms with Gasteiger partial charge in [-0.05, 0) is 30.9 Å². The average molecular weight is 346 g/mol. The molecule has 1 aromatic carbocycles. The van der Waals surface area contributed by atoms with Gasteiger partial charge in [-0.3, -0.25) is 14.2 Å². The monoisotopic (exact) mass is 346 g/mol. The fourth-order valence-electron chi connectivity index (χ4n) is 3.15. The van der Waals surface area contributed by atoms with Crippen molar-refractivity contribution in [1.82, 2.24) is 9.47 Å². The van der Waals surface area contributed by atoms with Gasteiger partial charge in [0.05, 0.1) is 11.9 Å². The zero-order chi connectivity index (χ0) is 17.8. The quantitative estimate of drug-likeness (QED) is 0.771. The highest BCUT2D eigenvalue weighted by molar-refractivity contribution is 5.80. The van der Waals surface area contributed by atoms with E-state index in [1.54, 1.807) is 29.2 Å². The van der Waals surface area contributed by atoms with E-state index in [0.29, 0.717) is 23.6 Å². The van der Waals surface area contributed by atoms with Gasteiger partial charge in [0.15, 0.2) is 12.2 Å². The molecule has 2 aromatic rings. The fraction of sp³-hybridized carbons (Fsp3) is 0.500. The minimum atomic E-state index is -0.507. The molecule has 2 heterocycles. The third-order valence-electron chi connectivity index (χ3n) is 4.48. The second-order valence-corrected chi connectivity index (χ2v) is 6.49. The largest absolute Gasteiger partial charge is 0.456 e. The molecule has 0 N–H and O–H groups in total. The zero-order valence-electron chi connectivity index (χ0n) is 14.3. The van der Waals surface area contributed by atoms with Crippen molar-refractivity contribution in [3.05, 3.63) is 34.8 Å². The number of carbonyl (C=O) groups excluding carboxylic acids is 2. The molecular formula is C18H22N2O5. The fourth-order valence-corrected chi connectivity index (χ4v) is 3.15. The summed E-state index contributed by atoms with van der Waals surface area (Å²) in [5.41, 5.74) is 1.12. The van der Waals surface area contributed by atoms with E-state index in [4.69, 9.17) is 9.15 Å². The highest BCUT2D eigenvalue weighted by Gasteiger charge is 2.21. The number of aromatic nitrogens is 1. The molecule has 0 aliphatic carbocycles. The first-order chi connectivity index (χ1) is 12.0. The maximum Gasteiger partial charge on any atom is 0.419 e. The molecule has 7 heteroatoms. The van der Waals surface area contributed by atoms with Gasteiger partial charge in [0.25, 0.3) is 5.91 Å². The van der Waals surface area contributed by atoms with Crippen LogP contribution < -0.4 is 5.76 Å². The maximum absolute atomic E-state index is 12.1. The number of piperidine rings is 1. The standard InChI is InChI=1S/C18H22N2O5/c1-13-5-4-9-19(11-13)16(21)12-24-17(22)8-10-20-14-6-2-3-7-15(14)25-18(20)23/h2-3,6-7,13H,4-5,8-12H2,1H3/t13-/m1/s1. The lowest BCUT2D eigenvalue weighted by molar-refractivity contribution is -0.152. The van der Waals surface area contributed by atoms with Crippen molar-refractivity contribution in [1.29, 1.82) is 0 Å². The van der Waals surface area contributed by atoms with Crippen molar-refractivity contribution in [3.63, 3.8) is 0 Å². The topological polar surface area (TPSA) is 81.8 Å². The number of likely N-dealkylation sites (tertiary alicyclic amines) is 1. The summed E-state index contributed by atoms with van der Waals surface area (Å²) in [4.78, 5) is 37.6. The number of oxazole rings is 1.